The molecule has 0 saturated heterocycles. The van der Waals surface area contributed by atoms with Crippen molar-refractivity contribution in [3.05, 3.63) is 84.4 Å². The van der Waals surface area contributed by atoms with Gasteiger partial charge in [0.2, 0.25) is 0 Å². The van der Waals surface area contributed by atoms with Crippen LogP contribution in [-0.4, -0.2) is 40.2 Å². The lowest BCUT2D eigenvalue weighted by Gasteiger charge is -2.23. The van der Waals surface area contributed by atoms with E-state index in [1.54, 1.807) is 66.7 Å². The molecule has 0 radical (unpaired) electrons. The van der Waals surface area contributed by atoms with E-state index in [-0.39, 0.29) is 4.90 Å². The molecule has 0 aromatic heterocycles. The van der Waals surface area contributed by atoms with Gasteiger partial charge in [-0.15, -0.1) is 0 Å². The Morgan fingerprint density at radius 1 is 0.941 bits per heavy atom. The third-order valence-corrected chi connectivity index (χ3v) is 6.31. The molecule has 0 bridgehead atoms. The summed E-state index contributed by atoms with van der Waals surface area (Å²) >= 11 is 0. The van der Waals surface area contributed by atoms with Crippen molar-refractivity contribution in [1.82, 2.24) is 5.43 Å². The molecule has 0 atom stereocenters. The van der Waals surface area contributed by atoms with E-state index < -0.39 is 28.4 Å². The number of esters is 1. The van der Waals surface area contributed by atoms with Gasteiger partial charge in [-0.1, -0.05) is 18.2 Å². The highest BCUT2D eigenvalue weighted by atomic mass is 32.2. The summed E-state index contributed by atoms with van der Waals surface area (Å²) in [5, 5.41) is 3.89. The number of hydrogen-bond acceptors (Lipinski definition) is 7. The Hall–Kier alpha value is -4.18. The monoisotopic (exact) mass is 481 g/mol. The average Bonchev–Trinajstić information content (AvgIpc) is 2.84. The van der Waals surface area contributed by atoms with Crippen molar-refractivity contribution in [3.63, 3.8) is 0 Å². The Balaban J connectivity index is 1.75. The first-order valence-corrected chi connectivity index (χ1v) is 11.6. The van der Waals surface area contributed by atoms with Gasteiger partial charge in [0, 0.05) is 6.92 Å². The third kappa shape index (κ3) is 6.42. The van der Waals surface area contributed by atoms with Gasteiger partial charge in [0.05, 0.1) is 23.9 Å². The number of hydrazone groups is 1. The minimum absolute atomic E-state index is 0.0509. The maximum Gasteiger partial charge on any atom is 0.308 e. The molecule has 176 valence electrons. The number of anilines is 1. The van der Waals surface area contributed by atoms with E-state index in [0.717, 1.165) is 4.31 Å². The third-order valence-electron chi connectivity index (χ3n) is 4.52. The number of sulfonamides is 1. The van der Waals surface area contributed by atoms with Gasteiger partial charge in [-0.3, -0.25) is 13.9 Å². The average molecular weight is 482 g/mol. The van der Waals surface area contributed by atoms with E-state index in [9.17, 15) is 18.0 Å². The van der Waals surface area contributed by atoms with Crippen LogP contribution in [0.5, 0.6) is 11.5 Å². The number of rotatable bonds is 9. The summed E-state index contributed by atoms with van der Waals surface area (Å²) in [6.45, 7) is 0.810. The molecule has 1 amide bonds. The van der Waals surface area contributed by atoms with E-state index >= 15 is 0 Å². The van der Waals surface area contributed by atoms with Crippen LogP contribution < -0.4 is 19.2 Å². The molecule has 34 heavy (non-hydrogen) atoms. The number of amides is 1. The second-order valence-corrected chi connectivity index (χ2v) is 8.84. The van der Waals surface area contributed by atoms with Gasteiger partial charge in [0.25, 0.3) is 15.9 Å². The molecule has 0 unspecified atom stereocenters. The van der Waals surface area contributed by atoms with Crippen molar-refractivity contribution in [2.45, 2.75) is 11.8 Å². The topological polar surface area (TPSA) is 114 Å². The summed E-state index contributed by atoms with van der Waals surface area (Å²) in [5.74, 6) is -0.131. The van der Waals surface area contributed by atoms with Crippen molar-refractivity contribution in [3.8, 4) is 11.5 Å². The molecule has 10 heteroatoms. The molecule has 0 fully saturated rings. The fourth-order valence-corrected chi connectivity index (χ4v) is 4.36. The molecule has 0 aliphatic carbocycles. The molecular weight excluding hydrogens is 458 g/mol. The Kier molecular flexibility index (Phi) is 7.99. The number of carbonyl (C=O) groups excluding carboxylic acids is 2. The predicted molar refractivity (Wildman–Crippen MR) is 127 cm³/mol. The Bertz CT molecular complexity index is 1260. The molecule has 0 spiro atoms. The van der Waals surface area contributed by atoms with Crippen LogP contribution in [0.3, 0.4) is 0 Å². The molecule has 0 aliphatic heterocycles. The van der Waals surface area contributed by atoms with Crippen LogP contribution >= 0.6 is 0 Å². The first-order valence-electron chi connectivity index (χ1n) is 10.1. The quantitative estimate of drug-likeness (QED) is 0.218. The second-order valence-electron chi connectivity index (χ2n) is 6.98. The highest BCUT2D eigenvalue weighted by molar-refractivity contribution is 7.92. The number of hydrogen-bond donors (Lipinski definition) is 1. The summed E-state index contributed by atoms with van der Waals surface area (Å²) in [7, 11) is -2.52. The van der Waals surface area contributed by atoms with Gasteiger partial charge in [-0.25, -0.2) is 13.8 Å². The number of carbonyl (C=O) groups is 2. The minimum atomic E-state index is -4.02. The maximum atomic E-state index is 13.3. The molecule has 3 aromatic rings. The van der Waals surface area contributed by atoms with Gasteiger partial charge in [0.1, 0.15) is 18.0 Å². The van der Waals surface area contributed by atoms with Crippen LogP contribution in [0.4, 0.5) is 5.69 Å². The number of ether oxygens (including phenoxy) is 2. The van der Waals surface area contributed by atoms with Gasteiger partial charge in [-0.2, -0.15) is 5.10 Å². The number of nitrogens with one attached hydrogen (secondary N) is 1. The Labute approximate surface area is 197 Å². The molecule has 9 nitrogen and oxygen atoms in total. The van der Waals surface area contributed by atoms with E-state index in [2.05, 4.69) is 10.5 Å². The number of benzene rings is 3. The van der Waals surface area contributed by atoms with E-state index in [0.29, 0.717) is 22.7 Å². The molecule has 1 N–H and O–H groups in total. The first kappa shape index (κ1) is 24.5. The zero-order chi connectivity index (χ0) is 24.6. The first-order chi connectivity index (χ1) is 16.3. The van der Waals surface area contributed by atoms with Gasteiger partial charge in [0.15, 0.2) is 0 Å². The van der Waals surface area contributed by atoms with E-state index in [1.807, 2.05) is 0 Å². The molecule has 0 aliphatic rings. The predicted octanol–water partition coefficient (Wildman–Crippen LogP) is 2.97. The van der Waals surface area contributed by atoms with Gasteiger partial charge in [-0.05, 0) is 66.2 Å². The van der Waals surface area contributed by atoms with Crippen LogP contribution in [0.2, 0.25) is 0 Å². The SMILES string of the molecule is COc1ccc(N(CC(=O)N/N=C\c2ccc(OC(C)=O)cc2)S(=O)(=O)c2ccccc2)cc1. The normalized spacial score (nSPS) is 11.1. The molecule has 3 aromatic carbocycles. The summed E-state index contributed by atoms with van der Waals surface area (Å²) in [5.41, 5.74) is 3.27. The Morgan fingerprint density at radius 2 is 1.56 bits per heavy atom. The zero-order valence-electron chi connectivity index (χ0n) is 18.5. The van der Waals surface area contributed by atoms with Crippen molar-refractivity contribution < 1.29 is 27.5 Å². The summed E-state index contributed by atoms with van der Waals surface area (Å²) < 4.78 is 37.6. The van der Waals surface area contributed by atoms with E-state index in [4.69, 9.17) is 9.47 Å². The second kappa shape index (κ2) is 11.1. The Morgan fingerprint density at radius 3 is 2.15 bits per heavy atom. The fraction of sp³-hybridized carbons (Fsp3) is 0.125. The lowest BCUT2D eigenvalue weighted by Crippen LogP contribution is -2.39. The molecule has 0 heterocycles. The van der Waals surface area contributed by atoms with Crippen molar-refractivity contribution in [2.75, 3.05) is 18.0 Å². The van der Waals surface area contributed by atoms with Crippen LogP contribution in [0.1, 0.15) is 12.5 Å². The number of nitrogens with zero attached hydrogens (tertiary/aromatic N) is 2. The minimum Gasteiger partial charge on any atom is -0.497 e. The van der Waals surface area contributed by atoms with Crippen LogP contribution in [0.25, 0.3) is 0 Å². The molecule has 3 rings (SSSR count). The highest BCUT2D eigenvalue weighted by Crippen LogP contribution is 2.25. The van der Waals surface area contributed by atoms with Crippen molar-refractivity contribution in [1.29, 1.82) is 0 Å². The van der Waals surface area contributed by atoms with Crippen molar-refractivity contribution >= 4 is 33.8 Å². The van der Waals surface area contributed by atoms with Crippen LogP contribution in [0, 0.1) is 0 Å². The molecule has 0 saturated carbocycles. The van der Waals surface area contributed by atoms with Crippen LogP contribution in [0.15, 0.2) is 88.9 Å². The van der Waals surface area contributed by atoms with Crippen LogP contribution in [-0.2, 0) is 19.6 Å². The summed E-state index contributed by atoms with van der Waals surface area (Å²) in [6, 6.07) is 20.6. The van der Waals surface area contributed by atoms with Gasteiger partial charge >= 0.3 is 5.97 Å². The standard InChI is InChI=1S/C24H23N3O6S/c1-18(28)33-22-12-8-19(9-13-22)16-25-26-24(29)17-27(20-10-14-21(32-2)15-11-20)34(30,31)23-6-4-3-5-7-23/h3-16H,17H2,1-2H3,(H,26,29)/b25-16-. The zero-order valence-corrected chi connectivity index (χ0v) is 19.4. The molecular formula is C24H23N3O6S. The van der Waals surface area contributed by atoms with E-state index in [1.165, 1.54) is 32.4 Å². The lowest BCUT2D eigenvalue weighted by atomic mass is 10.2. The largest absolute Gasteiger partial charge is 0.497 e. The fourth-order valence-electron chi connectivity index (χ4n) is 2.92. The van der Waals surface area contributed by atoms with Gasteiger partial charge < -0.3 is 9.47 Å². The number of methoxy groups -OCH3 is 1. The highest BCUT2D eigenvalue weighted by Gasteiger charge is 2.27. The smallest absolute Gasteiger partial charge is 0.308 e. The lowest BCUT2D eigenvalue weighted by molar-refractivity contribution is -0.131. The summed E-state index contributed by atoms with van der Waals surface area (Å²) in [6.07, 6.45) is 1.39. The maximum absolute atomic E-state index is 13.3. The van der Waals surface area contributed by atoms with Crippen molar-refractivity contribution in [2.24, 2.45) is 5.10 Å². The summed E-state index contributed by atoms with van der Waals surface area (Å²) in [4.78, 5) is 23.6.